The van der Waals surface area contributed by atoms with Crippen LogP contribution >= 0.6 is 11.8 Å². The molecule has 1 unspecified atom stereocenters. The van der Waals surface area contributed by atoms with E-state index >= 15 is 0 Å². The molecule has 3 heteroatoms. The predicted molar refractivity (Wildman–Crippen MR) is 54.4 cm³/mol. The van der Waals surface area contributed by atoms with Gasteiger partial charge in [0.1, 0.15) is 0 Å². The first-order chi connectivity index (χ1) is 5.83. The molecule has 0 saturated heterocycles. The van der Waals surface area contributed by atoms with Crippen molar-refractivity contribution in [2.45, 2.75) is 43.5 Å². The molecule has 3 N–H and O–H groups in total. The van der Waals surface area contributed by atoms with Crippen LogP contribution < -0.4 is 5.73 Å². The average Bonchev–Trinajstić information content (AvgIpc) is 2.16. The number of hydrogen-bond donors (Lipinski definition) is 2. The van der Waals surface area contributed by atoms with E-state index in [-0.39, 0.29) is 6.10 Å². The molecule has 0 bridgehead atoms. The fourth-order valence-electron chi connectivity index (χ4n) is 1.55. The quantitative estimate of drug-likeness (QED) is 0.702. The van der Waals surface area contributed by atoms with E-state index in [4.69, 9.17) is 5.73 Å². The number of nitrogens with two attached hydrogens (primary N) is 1. The standard InChI is InChI=1S/C9H19NOS/c10-6-8(11)7-12-9-4-2-1-3-5-9/h8-9,11H,1-7,10H2. The molecule has 2 nitrogen and oxygen atoms in total. The maximum Gasteiger partial charge on any atom is 0.0752 e. The van der Waals surface area contributed by atoms with Crippen LogP contribution in [0.2, 0.25) is 0 Å². The van der Waals surface area contributed by atoms with Crippen molar-refractivity contribution in [2.24, 2.45) is 5.73 Å². The second-order valence-electron chi connectivity index (χ2n) is 3.48. The molecule has 72 valence electrons. The van der Waals surface area contributed by atoms with Crippen LogP contribution in [-0.2, 0) is 0 Å². The Morgan fingerprint density at radius 2 is 2.00 bits per heavy atom. The zero-order valence-corrected chi connectivity index (χ0v) is 8.35. The summed E-state index contributed by atoms with van der Waals surface area (Å²) in [4.78, 5) is 0. The second kappa shape index (κ2) is 5.84. The summed E-state index contributed by atoms with van der Waals surface area (Å²) >= 11 is 1.90. The van der Waals surface area contributed by atoms with Crippen molar-refractivity contribution in [3.63, 3.8) is 0 Å². The Labute approximate surface area is 78.9 Å². The summed E-state index contributed by atoms with van der Waals surface area (Å²) in [5, 5.41) is 10.0. The van der Waals surface area contributed by atoms with Crippen molar-refractivity contribution < 1.29 is 5.11 Å². The van der Waals surface area contributed by atoms with Crippen molar-refractivity contribution in [3.05, 3.63) is 0 Å². The van der Waals surface area contributed by atoms with Gasteiger partial charge in [-0.25, -0.2) is 0 Å². The lowest BCUT2D eigenvalue weighted by Crippen LogP contribution is -2.23. The summed E-state index contributed by atoms with van der Waals surface area (Å²) in [6.07, 6.45) is 6.52. The van der Waals surface area contributed by atoms with Crippen LogP contribution in [0.1, 0.15) is 32.1 Å². The molecule has 1 saturated carbocycles. The van der Waals surface area contributed by atoms with Crippen molar-refractivity contribution in [3.8, 4) is 0 Å². The highest BCUT2D eigenvalue weighted by Gasteiger charge is 2.14. The fourth-order valence-corrected chi connectivity index (χ4v) is 2.84. The van der Waals surface area contributed by atoms with Gasteiger partial charge in [-0.1, -0.05) is 19.3 Å². The predicted octanol–water partition coefficient (Wildman–Crippen LogP) is 1.37. The Kier molecular flexibility index (Phi) is 5.04. The van der Waals surface area contributed by atoms with Gasteiger partial charge in [0.05, 0.1) is 6.10 Å². The van der Waals surface area contributed by atoms with Crippen molar-refractivity contribution in [1.82, 2.24) is 0 Å². The lowest BCUT2D eigenvalue weighted by Gasteiger charge is -2.21. The maximum absolute atomic E-state index is 9.24. The second-order valence-corrected chi connectivity index (χ2v) is 4.82. The Balaban J connectivity index is 2.05. The van der Waals surface area contributed by atoms with Crippen LogP contribution in [0.25, 0.3) is 0 Å². The minimum Gasteiger partial charge on any atom is -0.391 e. The van der Waals surface area contributed by atoms with Crippen LogP contribution in [0.15, 0.2) is 0 Å². The summed E-state index contributed by atoms with van der Waals surface area (Å²) in [6, 6.07) is 0. The third-order valence-electron chi connectivity index (χ3n) is 2.35. The zero-order chi connectivity index (χ0) is 8.81. The number of aliphatic hydroxyl groups is 1. The summed E-state index contributed by atoms with van der Waals surface area (Å²) in [6.45, 7) is 0.403. The van der Waals surface area contributed by atoms with Gasteiger partial charge in [-0.05, 0) is 12.8 Å². The molecular weight excluding hydrogens is 170 g/mol. The number of thioether (sulfide) groups is 1. The molecule has 0 heterocycles. The number of aliphatic hydroxyl groups excluding tert-OH is 1. The first-order valence-corrected chi connectivity index (χ1v) is 5.87. The largest absolute Gasteiger partial charge is 0.391 e. The number of rotatable bonds is 4. The van der Waals surface area contributed by atoms with Crippen molar-refractivity contribution in [1.29, 1.82) is 0 Å². The van der Waals surface area contributed by atoms with E-state index in [2.05, 4.69) is 0 Å². The highest BCUT2D eigenvalue weighted by atomic mass is 32.2. The zero-order valence-electron chi connectivity index (χ0n) is 7.54. The average molecular weight is 189 g/mol. The SMILES string of the molecule is NCC(O)CSC1CCCCC1. The molecule has 0 radical (unpaired) electrons. The van der Waals surface area contributed by atoms with Crippen LogP contribution in [0.3, 0.4) is 0 Å². The minimum atomic E-state index is -0.295. The smallest absolute Gasteiger partial charge is 0.0752 e. The van der Waals surface area contributed by atoms with Gasteiger partial charge in [0.2, 0.25) is 0 Å². The summed E-state index contributed by atoms with van der Waals surface area (Å²) < 4.78 is 0. The van der Waals surface area contributed by atoms with Gasteiger partial charge in [-0.3, -0.25) is 0 Å². The molecule has 0 amide bonds. The summed E-state index contributed by atoms with van der Waals surface area (Å²) in [7, 11) is 0. The monoisotopic (exact) mass is 189 g/mol. The van der Waals surface area contributed by atoms with Crippen molar-refractivity contribution in [2.75, 3.05) is 12.3 Å². The van der Waals surface area contributed by atoms with Gasteiger partial charge in [-0.15, -0.1) is 0 Å². The molecule has 0 aromatic heterocycles. The summed E-state index contributed by atoms with van der Waals surface area (Å²) in [5.41, 5.74) is 5.32. The van der Waals surface area contributed by atoms with E-state index in [9.17, 15) is 5.11 Å². The van der Waals surface area contributed by atoms with Gasteiger partial charge in [0, 0.05) is 17.5 Å². The topological polar surface area (TPSA) is 46.2 Å². The molecule has 0 spiro atoms. The van der Waals surface area contributed by atoms with Gasteiger partial charge in [0.25, 0.3) is 0 Å². The Morgan fingerprint density at radius 3 is 2.58 bits per heavy atom. The van der Waals surface area contributed by atoms with E-state index in [0.717, 1.165) is 11.0 Å². The van der Waals surface area contributed by atoms with Gasteiger partial charge in [-0.2, -0.15) is 11.8 Å². The highest BCUT2D eigenvalue weighted by Crippen LogP contribution is 2.28. The first kappa shape index (κ1) is 10.4. The molecule has 1 rings (SSSR count). The third-order valence-corrected chi connectivity index (χ3v) is 3.87. The molecule has 0 aliphatic heterocycles. The summed E-state index contributed by atoms with van der Waals surface area (Å²) in [5.74, 6) is 0.821. The first-order valence-electron chi connectivity index (χ1n) is 4.82. The number of hydrogen-bond acceptors (Lipinski definition) is 3. The van der Waals surface area contributed by atoms with Crippen LogP contribution in [0.4, 0.5) is 0 Å². The molecule has 1 aliphatic rings. The van der Waals surface area contributed by atoms with Gasteiger partial charge >= 0.3 is 0 Å². The Bertz CT molecular complexity index is 115. The van der Waals surface area contributed by atoms with E-state index in [1.165, 1.54) is 32.1 Å². The lowest BCUT2D eigenvalue weighted by atomic mass is 10.0. The van der Waals surface area contributed by atoms with Gasteiger partial charge in [0.15, 0.2) is 0 Å². The maximum atomic E-state index is 9.24. The van der Waals surface area contributed by atoms with E-state index in [1.54, 1.807) is 0 Å². The Morgan fingerprint density at radius 1 is 1.33 bits per heavy atom. The van der Waals surface area contributed by atoms with Crippen LogP contribution in [0, 0.1) is 0 Å². The van der Waals surface area contributed by atoms with E-state index in [0.29, 0.717) is 6.54 Å². The van der Waals surface area contributed by atoms with E-state index < -0.39 is 0 Å². The molecule has 1 fully saturated rings. The fraction of sp³-hybridized carbons (Fsp3) is 1.00. The third kappa shape index (κ3) is 3.78. The van der Waals surface area contributed by atoms with E-state index in [1.807, 2.05) is 11.8 Å². The van der Waals surface area contributed by atoms with Crippen molar-refractivity contribution >= 4 is 11.8 Å². The van der Waals surface area contributed by atoms with Crippen LogP contribution in [-0.4, -0.2) is 28.8 Å². The molecule has 0 aromatic carbocycles. The molecular formula is C9H19NOS. The van der Waals surface area contributed by atoms with Gasteiger partial charge < -0.3 is 10.8 Å². The molecule has 1 aliphatic carbocycles. The highest BCUT2D eigenvalue weighted by molar-refractivity contribution is 7.99. The molecule has 12 heavy (non-hydrogen) atoms. The normalized spacial score (nSPS) is 22.5. The molecule has 1 atom stereocenters. The Hall–Kier alpha value is 0.270. The minimum absolute atomic E-state index is 0.295. The lowest BCUT2D eigenvalue weighted by molar-refractivity contribution is 0.208. The van der Waals surface area contributed by atoms with Crippen LogP contribution in [0.5, 0.6) is 0 Å². The molecule has 0 aromatic rings.